The summed E-state index contributed by atoms with van der Waals surface area (Å²) in [5.41, 5.74) is 2.28. The predicted octanol–water partition coefficient (Wildman–Crippen LogP) is 5.44. The summed E-state index contributed by atoms with van der Waals surface area (Å²) in [6.07, 6.45) is 1.55. The van der Waals surface area contributed by atoms with Crippen LogP contribution in [-0.4, -0.2) is 23.9 Å². The smallest absolute Gasteiger partial charge is 0.363 e. The van der Waals surface area contributed by atoms with E-state index >= 15 is 0 Å². The van der Waals surface area contributed by atoms with Crippen molar-refractivity contribution >= 4 is 46.2 Å². The van der Waals surface area contributed by atoms with Gasteiger partial charge in [0.1, 0.15) is 6.61 Å². The minimum absolute atomic E-state index is 0.0154. The Morgan fingerprint density at radius 1 is 1.15 bits per heavy atom. The Balaban J connectivity index is 1.69. The molecule has 0 aliphatic carbocycles. The number of carbonyl (C=O) groups is 1. The fraction of sp³-hybridized carbons (Fsp3) is 0.120. The van der Waals surface area contributed by atoms with Crippen LogP contribution >= 0.6 is 22.6 Å². The Hall–Kier alpha value is -3.73. The van der Waals surface area contributed by atoms with Crippen LogP contribution in [0.5, 0.6) is 11.5 Å². The van der Waals surface area contributed by atoms with Gasteiger partial charge in [0.25, 0.3) is 5.69 Å². The van der Waals surface area contributed by atoms with Gasteiger partial charge in [0.05, 0.1) is 12.0 Å². The molecular formula is C25H19IN2O6. The van der Waals surface area contributed by atoms with E-state index in [1.165, 1.54) is 19.2 Å². The molecule has 0 spiro atoms. The standard InChI is InChI=1S/C25H19IN2O6/c1-15-19(9-5-10-21(15)28(30)31)24-27-20(25(29)34-24)13-17-7-4-11-22(32-2)23(17)33-14-16-6-3-8-18(26)12-16/h3-13H,14H2,1-2H3/b20-13-. The summed E-state index contributed by atoms with van der Waals surface area (Å²) in [4.78, 5) is 27.6. The number of carbonyl (C=O) groups excluding carboxylic acids is 1. The first-order chi connectivity index (χ1) is 16.4. The van der Waals surface area contributed by atoms with Crippen LogP contribution in [0.4, 0.5) is 5.69 Å². The summed E-state index contributed by atoms with van der Waals surface area (Å²) in [6.45, 7) is 1.89. The Morgan fingerprint density at radius 3 is 2.65 bits per heavy atom. The van der Waals surface area contributed by atoms with E-state index in [2.05, 4.69) is 27.6 Å². The zero-order valence-electron chi connectivity index (χ0n) is 18.3. The lowest BCUT2D eigenvalue weighted by Gasteiger charge is -2.13. The molecule has 3 aromatic carbocycles. The first-order valence-corrected chi connectivity index (χ1v) is 11.3. The van der Waals surface area contributed by atoms with Gasteiger partial charge in [-0.1, -0.05) is 30.3 Å². The summed E-state index contributed by atoms with van der Waals surface area (Å²) in [5, 5.41) is 11.3. The molecule has 1 aliphatic heterocycles. The van der Waals surface area contributed by atoms with E-state index in [4.69, 9.17) is 14.2 Å². The van der Waals surface area contributed by atoms with Crippen LogP contribution in [0.3, 0.4) is 0 Å². The molecule has 34 heavy (non-hydrogen) atoms. The molecule has 0 unspecified atom stereocenters. The van der Waals surface area contributed by atoms with Gasteiger partial charge >= 0.3 is 5.97 Å². The van der Waals surface area contributed by atoms with Crippen molar-refractivity contribution in [2.24, 2.45) is 4.99 Å². The minimum atomic E-state index is -0.660. The van der Waals surface area contributed by atoms with Gasteiger partial charge < -0.3 is 14.2 Å². The largest absolute Gasteiger partial charge is 0.493 e. The van der Waals surface area contributed by atoms with Crippen LogP contribution < -0.4 is 9.47 Å². The normalized spacial score (nSPS) is 14.0. The Labute approximate surface area is 209 Å². The average Bonchev–Trinajstić information content (AvgIpc) is 3.17. The Morgan fingerprint density at radius 2 is 1.91 bits per heavy atom. The molecule has 0 saturated heterocycles. The molecule has 3 aromatic rings. The molecule has 1 aliphatic rings. The molecule has 4 rings (SSSR count). The van der Waals surface area contributed by atoms with Crippen molar-refractivity contribution in [3.05, 3.63) is 102 Å². The van der Waals surface area contributed by atoms with Crippen molar-refractivity contribution in [1.82, 2.24) is 0 Å². The SMILES string of the molecule is COc1cccc(/C=C2\N=C(c3cccc([N+](=O)[O-])c3C)OC2=O)c1OCc1cccc(I)c1. The molecule has 1 heterocycles. The van der Waals surface area contributed by atoms with Gasteiger partial charge in [-0.3, -0.25) is 10.1 Å². The van der Waals surface area contributed by atoms with Crippen LogP contribution in [0.25, 0.3) is 6.08 Å². The van der Waals surface area contributed by atoms with Crippen LogP contribution in [0.15, 0.2) is 71.4 Å². The molecule has 0 fully saturated rings. The quantitative estimate of drug-likeness (QED) is 0.123. The second kappa shape index (κ2) is 10.0. The third-order valence-electron chi connectivity index (χ3n) is 5.15. The number of ether oxygens (including phenoxy) is 3. The highest BCUT2D eigenvalue weighted by molar-refractivity contribution is 14.1. The summed E-state index contributed by atoms with van der Waals surface area (Å²) >= 11 is 2.24. The van der Waals surface area contributed by atoms with Gasteiger partial charge in [0.15, 0.2) is 17.2 Å². The van der Waals surface area contributed by atoms with Crippen molar-refractivity contribution in [1.29, 1.82) is 0 Å². The number of halogens is 1. The van der Waals surface area contributed by atoms with E-state index < -0.39 is 10.9 Å². The highest BCUT2D eigenvalue weighted by atomic mass is 127. The first kappa shape index (κ1) is 23.4. The Kier molecular flexibility index (Phi) is 6.92. The highest BCUT2D eigenvalue weighted by Crippen LogP contribution is 2.34. The van der Waals surface area contributed by atoms with E-state index in [1.54, 1.807) is 37.3 Å². The molecule has 9 heteroatoms. The fourth-order valence-electron chi connectivity index (χ4n) is 3.47. The number of aliphatic imine (C=N–C) groups is 1. The number of nitro groups is 1. The number of nitro benzene ring substituents is 1. The van der Waals surface area contributed by atoms with Crippen molar-refractivity contribution in [2.45, 2.75) is 13.5 Å². The van der Waals surface area contributed by atoms with Gasteiger partial charge in [-0.25, -0.2) is 9.79 Å². The summed E-state index contributed by atoms with van der Waals surface area (Å²) in [7, 11) is 1.54. The molecule has 172 valence electrons. The number of benzene rings is 3. The van der Waals surface area contributed by atoms with E-state index in [1.807, 2.05) is 24.3 Å². The second-order valence-electron chi connectivity index (χ2n) is 7.34. The van der Waals surface area contributed by atoms with Gasteiger partial charge in [0, 0.05) is 26.3 Å². The molecule has 0 bridgehead atoms. The molecule has 0 amide bonds. The molecule has 0 atom stereocenters. The number of rotatable bonds is 7. The van der Waals surface area contributed by atoms with Gasteiger partial charge in [-0.05, 0) is 65.4 Å². The monoisotopic (exact) mass is 570 g/mol. The molecule has 0 saturated carbocycles. The number of hydrogen-bond acceptors (Lipinski definition) is 7. The summed E-state index contributed by atoms with van der Waals surface area (Å²) in [6, 6.07) is 17.8. The Bertz CT molecular complexity index is 1350. The molecule has 0 N–H and O–H groups in total. The van der Waals surface area contributed by atoms with Crippen LogP contribution in [0.1, 0.15) is 22.3 Å². The lowest BCUT2D eigenvalue weighted by molar-refractivity contribution is -0.385. The van der Waals surface area contributed by atoms with E-state index in [9.17, 15) is 14.9 Å². The minimum Gasteiger partial charge on any atom is -0.493 e. The number of nitrogens with zero attached hydrogens (tertiary/aromatic N) is 2. The van der Waals surface area contributed by atoms with Gasteiger partial charge in [0.2, 0.25) is 5.90 Å². The van der Waals surface area contributed by atoms with E-state index in [0.29, 0.717) is 34.8 Å². The van der Waals surface area contributed by atoms with E-state index in [0.717, 1.165) is 9.13 Å². The number of hydrogen-bond donors (Lipinski definition) is 0. The number of para-hydroxylation sites is 1. The van der Waals surface area contributed by atoms with Crippen molar-refractivity contribution in [2.75, 3.05) is 7.11 Å². The maximum atomic E-state index is 12.6. The maximum Gasteiger partial charge on any atom is 0.363 e. The number of cyclic esters (lactones) is 1. The molecular weight excluding hydrogens is 551 g/mol. The second-order valence-corrected chi connectivity index (χ2v) is 8.59. The fourth-order valence-corrected chi connectivity index (χ4v) is 4.08. The molecule has 0 aromatic heterocycles. The lowest BCUT2D eigenvalue weighted by Crippen LogP contribution is -2.08. The topological polar surface area (TPSA) is 100 Å². The van der Waals surface area contributed by atoms with E-state index in [-0.39, 0.29) is 17.3 Å². The maximum absolute atomic E-state index is 12.6. The van der Waals surface area contributed by atoms with Crippen LogP contribution in [0.2, 0.25) is 0 Å². The summed E-state index contributed by atoms with van der Waals surface area (Å²) in [5.74, 6) is 0.318. The summed E-state index contributed by atoms with van der Waals surface area (Å²) < 4.78 is 18.0. The average molecular weight is 570 g/mol. The zero-order valence-corrected chi connectivity index (χ0v) is 20.4. The predicted molar refractivity (Wildman–Crippen MR) is 135 cm³/mol. The molecule has 8 nitrogen and oxygen atoms in total. The third kappa shape index (κ3) is 4.93. The van der Waals surface area contributed by atoms with Gasteiger partial charge in [-0.15, -0.1) is 0 Å². The number of methoxy groups -OCH3 is 1. The van der Waals surface area contributed by atoms with Crippen LogP contribution in [-0.2, 0) is 16.1 Å². The lowest BCUT2D eigenvalue weighted by atomic mass is 10.1. The third-order valence-corrected chi connectivity index (χ3v) is 5.82. The number of esters is 1. The van der Waals surface area contributed by atoms with Crippen molar-refractivity contribution in [3.8, 4) is 11.5 Å². The molecule has 0 radical (unpaired) electrons. The van der Waals surface area contributed by atoms with Crippen LogP contribution in [0, 0.1) is 20.6 Å². The van der Waals surface area contributed by atoms with Gasteiger partial charge in [-0.2, -0.15) is 0 Å². The van der Waals surface area contributed by atoms with Crippen molar-refractivity contribution < 1.29 is 23.9 Å². The zero-order chi connectivity index (χ0) is 24.2. The highest BCUT2D eigenvalue weighted by Gasteiger charge is 2.28. The first-order valence-electron chi connectivity index (χ1n) is 10.2. The van der Waals surface area contributed by atoms with Crippen molar-refractivity contribution in [3.63, 3.8) is 0 Å².